The summed E-state index contributed by atoms with van der Waals surface area (Å²) < 4.78 is 32.2. The van der Waals surface area contributed by atoms with Gasteiger partial charge in [-0.1, -0.05) is 17.7 Å². The van der Waals surface area contributed by atoms with Crippen LogP contribution in [0.15, 0.2) is 36.4 Å². The van der Waals surface area contributed by atoms with Crippen LogP contribution in [0.4, 0.5) is 8.78 Å². The predicted molar refractivity (Wildman–Crippen MR) is 71.8 cm³/mol. The summed E-state index contributed by atoms with van der Waals surface area (Å²) in [6, 6.07) is 8.68. The highest BCUT2D eigenvalue weighted by Gasteiger charge is 2.19. The number of benzene rings is 2. The Labute approximate surface area is 115 Å². The van der Waals surface area contributed by atoms with Gasteiger partial charge in [-0.3, -0.25) is 0 Å². The molecule has 0 aliphatic heterocycles. The summed E-state index contributed by atoms with van der Waals surface area (Å²) in [7, 11) is 1.51. The van der Waals surface area contributed by atoms with Gasteiger partial charge in [-0.05, 0) is 31.2 Å². The first-order valence-corrected chi connectivity index (χ1v) is 6.20. The van der Waals surface area contributed by atoms with Crippen molar-refractivity contribution in [1.29, 1.82) is 0 Å². The van der Waals surface area contributed by atoms with E-state index in [4.69, 9.17) is 16.3 Å². The van der Waals surface area contributed by atoms with Gasteiger partial charge in [0.15, 0.2) is 0 Å². The summed E-state index contributed by atoms with van der Waals surface area (Å²) in [4.78, 5) is 0. The molecular weight excluding hydrogens is 270 g/mol. The lowest BCUT2D eigenvalue weighted by Crippen LogP contribution is -2.01. The van der Waals surface area contributed by atoms with Gasteiger partial charge in [-0.25, -0.2) is 8.78 Å². The summed E-state index contributed by atoms with van der Waals surface area (Å²) in [5.41, 5.74) is 1.69. The average molecular weight is 283 g/mol. The summed E-state index contributed by atoms with van der Waals surface area (Å²) in [5, 5.41) is -0.800. The molecular formula is C15H13ClF2O. The predicted octanol–water partition coefficient (Wildman–Crippen LogP) is 4.61. The molecule has 0 saturated carbocycles. The maximum atomic E-state index is 13.7. The highest BCUT2D eigenvalue weighted by Crippen LogP contribution is 2.36. The van der Waals surface area contributed by atoms with Crippen molar-refractivity contribution in [3.63, 3.8) is 0 Å². The van der Waals surface area contributed by atoms with E-state index in [-0.39, 0.29) is 5.56 Å². The normalized spacial score (nSPS) is 12.3. The van der Waals surface area contributed by atoms with Crippen molar-refractivity contribution < 1.29 is 13.5 Å². The Kier molecular flexibility index (Phi) is 4.05. The zero-order chi connectivity index (χ0) is 14.0. The van der Waals surface area contributed by atoms with E-state index in [0.717, 1.165) is 23.8 Å². The maximum absolute atomic E-state index is 13.7. The van der Waals surface area contributed by atoms with E-state index in [1.807, 2.05) is 13.0 Å². The van der Waals surface area contributed by atoms with E-state index in [1.165, 1.54) is 7.11 Å². The van der Waals surface area contributed by atoms with E-state index in [2.05, 4.69) is 0 Å². The number of hydrogen-bond acceptors (Lipinski definition) is 1. The Hall–Kier alpha value is -1.61. The van der Waals surface area contributed by atoms with E-state index >= 15 is 0 Å². The number of aryl methyl sites for hydroxylation is 1. The van der Waals surface area contributed by atoms with E-state index in [9.17, 15) is 8.78 Å². The van der Waals surface area contributed by atoms with Crippen molar-refractivity contribution >= 4 is 11.6 Å². The molecule has 2 aromatic carbocycles. The van der Waals surface area contributed by atoms with Gasteiger partial charge in [0.05, 0.1) is 12.5 Å². The van der Waals surface area contributed by atoms with Crippen LogP contribution in [-0.2, 0) is 0 Å². The smallest absolute Gasteiger partial charge is 0.128 e. The first-order valence-electron chi connectivity index (χ1n) is 5.76. The molecule has 4 heteroatoms. The van der Waals surface area contributed by atoms with Gasteiger partial charge in [0.25, 0.3) is 0 Å². The minimum absolute atomic E-state index is 0.102. The largest absolute Gasteiger partial charge is 0.496 e. The molecule has 2 aromatic rings. The zero-order valence-corrected chi connectivity index (χ0v) is 11.3. The highest BCUT2D eigenvalue weighted by atomic mass is 35.5. The lowest BCUT2D eigenvalue weighted by atomic mass is 10.0. The van der Waals surface area contributed by atoms with Gasteiger partial charge < -0.3 is 4.74 Å². The van der Waals surface area contributed by atoms with Crippen molar-refractivity contribution in [2.75, 3.05) is 7.11 Å². The minimum Gasteiger partial charge on any atom is -0.496 e. The second-order valence-corrected chi connectivity index (χ2v) is 4.71. The van der Waals surface area contributed by atoms with Gasteiger partial charge in [0.2, 0.25) is 0 Å². The molecule has 19 heavy (non-hydrogen) atoms. The second-order valence-electron chi connectivity index (χ2n) is 4.27. The molecule has 0 aliphatic rings. The molecule has 0 N–H and O–H groups in total. The van der Waals surface area contributed by atoms with Crippen LogP contribution in [0.2, 0.25) is 0 Å². The lowest BCUT2D eigenvalue weighted by Gasteiger charge is -2.16. The molecule has 100 valence electrons. The number of rotatable bonds is 3. The van der Waals surface area contributed by atoms with E-state index in [1.54, 1.807) is 12.1 Å². The molecule has 0 bridgehead atoms. The molecule has 1 nitrogen and oxygen atoms in total. The molecule has 0 spiro atoms. The van der Waals surface area contributed by atoms with E-state index in [0.29, 0.717) is 11.3 Å². The topological polar surface area (TPSA) is 9.23 Å². The molecule has 0 fully saturated rings. The number of alkyl halides is 1. The monoisotopic (exact) mass is 282 g/mol. The summed E-state index contributed by atoms with van der Waals surface area (Å²) in [6.45, 7) is 1.90. The Bertz CT molecular complexity index is 599. The molecule has 0 radical (unpaired) electrons. The number of hydrogen-bond donors (Lipinski definition) is 0. The molecule has 1 atom stereocenters. The fourth-order valence-electron chi connectivity index (χ4n) is 1.93. The van der Waals surface area contributed by atoms with Crippen molar-refractivity contribution in [1.82, 2.24) is 0 Å². The van der Waals surface area contributed by atoms with Crippen molar-refractivity contribution in [3.8, 4) is 5.75 Å². The van der Waals surface area contributed by atoms with Gasteiger partial charge in [0, 0.05) is 11.1 Å². The van der Waals surface area contributed by atoms with Crippen molar-refractivity contribution in [2.45, 2.75) is 12.3 Å². The third-order valence-corrected chi connectivity index (χ3v) is 3.36. The molecule has 2 rings (SSSR count). The summed E-state index contributed by atoms with van der Waals surface area (Å²) in [6.07, 6.45) is 0. The van der Waals surface area contributed by atoms with Gasteiger partial charge >= 0.3 is 0 Å². The molecule has 0 aromatic heterocycles. The van der Waals surface area contributed by atoms with Gasteiger partial charge in [-0.15, -0.1) is 11.6 Å². The SMILES string of the molecule is COc1ccc(C)cc1C(Cl)c1cc(F)ccc1F. The van der Waals surface area contributed by atoms with Crippen molar-refractivity contribution in [2.24, 2.45) is 0 Å². The first-order chi connectivity index (χ1) is 9.02. The van der Waals surface area contributed by atoms with Gasteiger partial charge in [-0.2, -0.15) is 0 Å². The van der Waals surface area contributed by atoms with Crippen LogP contribution in [-0.4, -0.2) is 7.11 Å². The molecule has 0 saturated heterocycles. The lowest BCUT2D eigenvalue weighted by molar-refractivity contribution is 0.409. The molecule has 0 heterocycles. The fourth-order valence-corrected chi connectivity index (χ4v) is 2.27. The highest BCUT2D eigenvalue weighted by molar-refractivity contribution is 6.22. The second kappa shape index (κ2) is 5.57. The Morgan fingerprint density at radius 3 is 2.47 bits per heavy atom. The third kappa shape index (κ3) is 2.87. The first kappa shape index (κ1) is 13.8. The standard InChI is InChI=1S/C15H13ClF2O/c1-9-3-6-14(19-2)12(7-9)15(16)11-8-10(17)4-5-13(11)18/h3-8,15H,1-2H3. The molecule has 0 aliphatic carbocycles. The Morgan fingerprint density at radius 2 is 1.79 bits per heavy atom. The fraction of sp³-hybridized carbons (Fsp3) is 0.200. The van der Waals surface area contributed by atoms with Crippen molar-refractivity contribution in [3.05, 3.63) is 64.7 Å². The number of halogens is 3. The third-order valence-electron chi connectivity index (χ3n) is 2.89. The van der Waals surface area contributed by atoms with Crippen LogP contribution in [0.5, 0.6) is 5.75 Å². The average Bonchev–Trinajstić information content (AvgIpc) is 2.40. The van der Waals surface area contributed by atoms with Crippen LogP contribution >= 0.6 is 11.6 Å². The Morgan fingerprint density at radius 1 is 1.05 bits per heavy atom. The van der Waals surface area contributed by atoms with E-state index < -0.39 is 17.0 Å². The molecule has 1 unspecified atom stereocenters. The van der Waals surface area contributed by atoms with Crippen LogP contribution in [0.1, 0.15) is 22.1 Å². The van der Waals surface area contributed by atoms with Crippen LogP contribution in [0.25, 0.3) is 0 Å². The van der Waals surface area contributed by atoms with Crippen LogP contribution < -0.4 is 4.74 Å². The van der Waals surface area contributed by atoms with Gasteiger partial charge in [0.1, 0.15) is 17.4 Å². The summed E-state index contributed by atoms with van der Waals surface area (Å²) in [5.74, 6) is -0.507. The van der Waals surface area contributed by atoms with Crippen LogP contribution in [0.3, 0.4) is 0 Å². The van der Waals surface area contributed by atoms with Crippen LogP contribution in [0, 0.1) is 18.6 Å². The maximum Gasteiger partial charge on any atom is 0.128 e. The number of methoxy groups -OCH3 is 1. The number of ether oxygens (including phenoxy) is 1. The summed E-state index contributed by atoms with van der Waals surface area (Å²) >= 11 is 6.28. The zero-order valence-electron chi connectivity index (χ0n) is 10.6. The Balaban J connectivity index is 2.51. The molecule has 0 amide bonds. The quantitative estimate of drug-likeness (QED) is 0.747. The minimum atomic E-state index is -0.800.